The number of piperazine rings is 1. The fourth-order valence-corrected chi connectivity index (χ4v) is 7.64. The molecule has 6 rings (SSSR count). The zero-order valence-electron chi connectivity index (χ0n) is 25.8. The molecule has 2 amide bonds. The summed E-state index contributed by atoms with van der Waals surface area (Å²) in [5.74, 6) is -0.104. The molecule has 238 valence electrons. The summed E-state index contributed by atoms with van der Waals surface area (Å²) in [4.78, 5) is 33.6. The Kier molecular flexibility index (Phi) is 9.38. The highest BCUT2D eigenvalue weighted by atomic mass is 35.5. The maximum atomic E-state index is 14.1. The number of benzene rings is 3. The maximum absolute atomic E-state index is 14.1. The zero-order chi connectivity index (χ0) is 31.6. The van der Waals surface area contributed by atoms with Crippen LogP contribution in [0.1, 0.15) is 36.0 Å². The Labute approximate surface area is 271 Å². The van der Waals surface area contributed by atoms with Crippen molar-refractivity contribution in [3.05, 3.63) is 94.5 Å². The number of nitrogens with zero attached hydrogens (tertiary/aromatic N) is 4. The van der Waals surface area contributed by atoms with Gasteiger partial charge >= 0.3 is 0 Å². The number of amides is 2. The molecule has 45 heavy (non-hydrogen) atoms. The molecule has 2 aliphatic heterocycles. The number of anilines is 2. The third-order valence-electron chi connectivity index (χ3n) is 9.25. The van der Waals surface area contributed by atoms with Crippen molar-refractivity contribution in [2.75, 3.05) is 54.7 Å². The van der Waals surface area contributed by atoms with Gasteiger partial charge in [-0.25, -0.2) is 8.42 Å². The molecule has 0 spiro atoms. The van der Waals surface area contributed by atoms with Gasteiger partial charge in [-0.2, -0.15) is 0 Å². The highest BCUT2D eigenvalue weighted by molar-refractivity contribution is 7.92. The molecule has 0 N–H and O–H groups in total. The van der Waals surface area contributed by atoms with E-state index < -0.39 is 15.9 Å². The lowest BCUT2D eigenvalue weighted by atomic mass is 9.92. The Morgan fingerprint density at radius 3 is 2.22 bits per heavy atom. The average Bonchev–Trinajstić information content (AvgIpc) is 3.88. The molecule has 3 aromatic rings. The number of hydrogen-bond acceptors (Lipinski definition) is 5. The quantitative estimate of drug-likeness (QED) is 0.309. The minimum absolute atomic E-state index is 0.000842. The molecular weight excluding hydrogens is 608 g/mol. The molecule has 0 bridgehead atoms. The van der Waals surface area contributed by atoms with E-state index in [0.29, 0.717) is 68.9 Å². The van der Waals surface area contributed by atoms with Crippen LogP contribution in [0.2, 0.25) is 5.02 Å². The molecule has 8 nitrogen and oxygen atoms in total. The summed E-state index contributed by atoms with van der Waals surface area (Å²) >= 11 is 6.13. The number of fused-ring (bicyclic) bond motifs is 1. The van der Waals surface area contributed by atoms with Crippen LogP contribution in [-0.2, 0) is 39.0 Å². The molecule has 1 atom stereocenters. The standard InChI is InChI=1S/C35H41ClN4O4S/c1-45(43,44)40(24-27-10-11-27)33-9-5-4-8-32(33)37-18-20-38(21-19-37)35(42)30(22-26-12-14-31(36)15-13-26)23-34(41)39-17-16-28-6-2-3-7-29(28)25-39/h2-9,12-15,27,30H,10-11,16-25H2,1H3. The van der Waals surface area contributed by atoms with Crippen LogP contribution in [0.5, 0.6) is 0 Å². The van der Waals surface area contributed by atoms with Crippen molar-refractivity contribution >= 4 is 44.8 Å². The second kappa shape index (κ2) is 13.4. The van der Waals surface area contributed by atoms with Gasteiger partial charge in [-0.3, -0.25) is 13.9 Å². The second-order valence-electron chi connectivity index (χ2n) is 12.6. The van der Waals surface area contributed by atoms with Gasteiger partial charge in [0.1, 0.15) is 0 Å². The molecule has 3 aromatic carbocycles. The molecule has 2 heterocycles. The van der Waals surface area contributed by atoms with Crippen molar-refractivity contribution in [1.29, 1.82) is 0 Å². The monoisotopic (exact) mass is 648 g/mol. The molecule has 3 aliphatic rings. The molecule has 1 unspecified atom stereocenters. The summed E-state index contributed by atoms with van der Waals surface area (Å²) in [7, 11) is -3.44. The van der Waals surface area contributed by atoms with Crippen LogP contribution in [0.15, 0.2) is 72.8 Å². The molecule has 1 aliphatic carbocycles. The first-order valence-corrected chi connectivity index (χ1v) is 18.1. The number of halogens is 1. The summed E-state index contributed by atoms with van der Waals surface area (Å²) in [6.07, 6.45) is 4.81. The van der Waals surface area contributed by atoms with Crippen molar-refractivity contribution in [2.45, 2.75) is 38.6 Å². The smallest absolute Gasteiger partial charge is 0.232 e. The number of sulfonamides is 1. The van der Waals surface area contributed by atoms with Crippen molar-refractivity contribution in [1.82, 2.24) is 9.80 Å². The first-order chi connectivity index (χ1) is 21.7. The van der Waals surface area contributed by atoms with Gasteiger partial charge in [0, 0.05) is 57.3 Å². The van der Waals surface area contributed by atoms with E-state index in [9.17, 15) is 18.0 Å². The lowest BCUT2D eigenvalue weighted by Gasteiger charge is -2.39. The second-order valence-corrected chi connectivity index (χ2v) is 14.9. The van der Waals surface area contributed by atoms with E-state index >= 15 is 0 Å². The van der Waals surface area contributed by atoms with E-state index in [1.165, 1.54) is 17.4 Å². The Bertz CT molecular complexity index is 1640. The molecule has 2 fully saturated rings. The number of carbonyl (C=O) groups excluding carboxylic acids is 2. The Hall–Kier alpha value is -3.56. The van der Waals surface area contributed by atoms with E-state index in [1.807, 2.05) is 70.5 Å². The van der Waals surface area contributed by atoms with Gasteiger partial charge in [-0.05, 0) is 72.6 Å². The summed E-state index contributed by atoms with van der Waals surface area (Å²) in [5.41, 5.74) is 4.98. The van der Waals surface area contributed by atoms with E-state index in [1.54, 1.807) is 4.31 Å². The van der Waals surface area contributed by atoms with Crippen molar-refractivity contribution in [3.63, 3.8) is 0 Å². The summed E-state index contributed by atoms with van der Waals surface area (Å²) in [5, 5.41) is 0.632. The van der Waals surface area contributed by atoms with Crippen LogP contribution < -0.4 is 9.21 Å². The van der Waals surface area contributed by atoms with Gasteiger partial charge in [-0.15, -0.1) is 0 Å². The molecule has 1 saturated carbocycles. The highest BCUT2D eigenvalue weighted by Crippen LogP contribution is 2.37. The summed E-state index contributed by atoms with van der Waals surface area (Å²) < 4.78 is 27.1. The van der Waals surface area contributed by atoms with Gasteiger partial charge in [0.25, 0.3) is 0 Å². The Morgan fingerprint density at radius 2 is 1.53 bits per heavy atom. The first-order valence-electron chi connectivity index (χ1n) is 15.8. The first kappa shape index (κ1) is 31.4. The predicted octanol–water partition coefficient (Wildman–Crippen LogP) is 5.00. The van der Waals surface area contributed by atoms with E-state index in [-0.39, 0.29) is 18.2 Å². The number of hydrogen-bond donors (Lipinski definition) is 0. The number of carbonyl (C=O) groups is 2. The van der Waals surface area contributed by atoms with Crippen molar-refractivity contribution in [3.8, 4) is 0 Å². The van der Waals surface area contributed by atoms with Crippen LogP contribution in [0.3, 0.4) is 0 Å². The zero-order valence-corrected chi connectivity index (χ0v) is 27.3. The third-order valence-corrected chi connectivity index (χ3v) is 10.7. The minimum atomic E-state index is -3.44. The predicted molar refractivity (Wildman–Crippen MR) is 179 cm³/mol. The van der Waals surface area contributed by atoms with Crippen LogP contribution >= 0.6 is 11.6 Å². The molecule has 0 radical (unpaired) electrons. The molecule has 10 heteroatoms. The minimum Gasteiger partial charge on any atom is -0.366 e. The van der Waals surface area contributed by atoms with Gasteiger partial charge in [-0.1, -0.05) is 60.1 Å². The number of para-hydroxylation sites is 2. The fraction of sp³-hybridized carbons (Fsp3) is 0.429. The molecule has 0 aromatic heterocycles. The molecule has 1 saturated heterocycles. The highest BCUT2D eigenvalue weighted by Gasteiger charge is 2.34. The normalized spacial score (nSPS) is 17.5. The van der Waals surface area contributed by atoms with Crippen molar-refractivity contribution < 1.29 is 18.0 Å². The van der Waals surface area contributed by atoms with E-state index in [4.69, 9.17) is 11.6 Å². The van der Waals surface area contributed by atoms with E-state index in [2.05, 4.69) is 17.0 Å². The summed E-state index contributed by atoms with van der Waals surface area (Å²) in [6.45, 7) is 3.87. The van der Waals surface area contributed by atoms with Crippen molar-refractivity contribution in [2.24, 2.45) is 11.8 Å². The van der Waals surface area contributed by atoms with Crippen LogP contribution in [0, 0.1) is 11.8 Å². The maximum Gasteiger partial charge on any atom is 0.232 e. The SMILES string of the molecule is CS(=O)(=O)N(CC1CC1)c1ccccc1N1CCN(C(=O)C(CC(=O)N2CCc3ccccc3C2)Cc2ccc(Cl)cc2)CC1. The number of rotatable bonds is 10. The average molecular weight is 649 g/mol. The Balaban J connectivity index is 1.16. The fourth-order valence-electron chi connectivity index (χ4n) is 6.52. The van der Waals surface area contributed by atoms with Crippen LogP contribution in [0.25, 0.3) is 0 Å². The lowest BCUT2D eigenvalue weighted by molar-refractivity contribution is -0.142. The van der Waals surface area contributed by atoms with E-state index in [0.717, 1.165) is 30.5 Å². The molecular formula is C35H41ClN4O4S. The lowest BCUT2D eigenvalue weighted by Crippen LogP contribution is -2.51. The largest absolute Gasteiger partial charge is 0.366 e. The van der Waals surface area contributed by atoms with Gasteiger partial charge in [0.15, 0.2) is 0 Å². The topological polar surface area (TPSA) is 81.2 Å². The van der Waals surface area contributed by atoms with Gasteiger partial charge in [0.2, 0.25) is 21.8 Å². The van der Waals surface area contributed by atoms with Gasteiger partial charge in [0.05, 0.1) is 23.5 Å². The van der Waals surface area contributed by atoms with Gasteiger partial charge < -0.3 is 14.7 Å². The Morgan fingerprint density at radius 1 is 0.867 bits per heavy atom. The third kappa shape index (κ3) is 7.64. The van der Waals surface area contributed by atoms with Crippen LogP contribution in [0.4, 0.5) is 11.4 Å². The van der Waals surface area contributed by atoms with Crippen LogP contribution in [-0.4, -0.2) is 75.6 Å². The summed E-state index contributed by atoms with van der Waals surface area (Å²) in [6, 6.07) is 23.4.